The normalized spacial score (nSPS) is 20.5. The van der Waals surface area contributed by atoms with Gasteiger partial charge in [-0.1, -0.05) is 13.8 Å². The number of hydrogen-bond donors (Lipinski definition) is 2. The predicted molar refractivity (Wildman–Crippen MR) is 56.1 cm³/mol. The molecule has 0 spiro atoms. The number of ether oxygens (including phenoxy) is 1. The highest BCUT2D eigenvalue weighted by Gasteiger charge is 2.52. The Bertz CT molecular complexity index is 299. The fourth-order valence-electron chi connectivity index (χ4n) is 2.04. The van der Waals surface area contributed by atoms with Gasteiger partial charge in [0.15, 0.2) is 0 Å². The van der Waals surface area contributed by atoms with Gasteiger partial charge in [-0.3, -0.25) is 0 Å². The molecule has 0 radical (unpaired) electrons. The molecule has 0 amide bonds. The van der Waals surface area contributed by atoms with Crippen LogP contribution in [0.25, 0.3) is 0 Å². The largest absolute Gasteiger partial charge is 0.379 e. The van der Waals surface area contributed by atoms with Crippen LogP contribution in [-0.4, -0.2) is 24.7 Å². The lowest BCUT2D eigenvalue weighted by molar-refractivity contribution is -0.118. The lowest BCUT2D eigenvalue weighted by Crippen LogP contribution is -2.59. The quantitative estimate of drug-likeness (QED) is 0.761. The highest BCUT2D eigenvalue weighted by atomic mass is 16.5. The van der Waals surface area contributed by atoms with Crippen LogP contribution in [0.15, 0.2) is 18.3 Å². The minimum absolute atomic E-state index is 0.0795. The molecule has 0 saturated carbocycles. The molecule has 2 rings (SSSR count). The second-order valence-corrected chi connectivity index (χ2v) is 4.75. The summed E-state index contributed by atoms with van der Waals surface area (Å²) >= 11 is 0. The summed E-state index contributed by atoms with van der Waals surface area (Å²) in [6.07, 6.45) is 1.96. The van der Waals surface area contributed by atoms with Crippen LogP contribution in [0.2, 0.25) is 0 Å². The van der Waals surface area contributed by atoms with Gasteiger partial charge in [0.2, 0.25) is 0 Å². The summed E-state index contributed by atoms with van der Waals surface area (Å²) in [6, 6.07) is 4.15. The first-order valence-electron chi connectivity index (χ1n) is 5.04. The molecule has 2 heterocycles. The van der Waals surface area contributed by atoms with Crippen LogP contribution in [0.1, 0.15) is 19.5 Å². The molecule has 3 nitrogen and oxygen atoms in total. The molecule has 1 aliphatic rings. The van der Waals surface area contributed by atoms with E-state index in [1.807, 2.05) is 12.3 Å². The van der Waals surface area contributed by atoms with Crippen molar-refractivity contribution in [2.45, 2.75) is 19.3 Å². The highest BCUT2D eigenvalue weighted by Crippen LogP contribution is 2.45. The zero-order chi connectivity index (χ0) is 10.2. The van der Waals surface area contributed by atoms with E-state index in [9.17, 15) is 0 Å². The van der Waals surface area contributed by atoms with E-state index >= 15 is 0 Å². The summed E-state index contributed by atoms with van der Waals surface area (Å²) in [5, 5.41) is 0. The number of H-pyrrole nitrogens is 1. The van der Waals surface area contributed by atoms with Crippen molar-refractivity contribution in [2.75, 3.05) is 19.8 Å². The summed E-state index contributed by atoms with van der Waals surface area (Å²) in [5.41, 5.74) is 7.26. The first kappa shape index (κ1) is 9.74. The van der Waals surface area contributed by atoms with Gasteiger partial charge < -0.3 is 15.5 Å². The molecule has 0 unspecified atom stereocenters. The second kappa shape index (κ2) is 3.11. The average Bonchev–Trinajstić information content (AvgIpc) is 2.55. The topological polar surface area (TPSA) is 51.0 Å². The third kappa shape index (κ3) is 1.12. The standard InChI is InChI=1S/C11H18N2O/c1-10(2,6-12)11(7-14-8-11)9-4-3-5-13-9/h3-5,13H,6-8,12H2,1-2H3. The van der Waals surface area contributed by atoms with Crippen molar-refractivity contribution in [3.63, 3.8) is 0 Å². The summed E-state index contributed by atoms with van der Waals surface area (Å²) < 4.78 is 5.37. The van der Waals surface area contributed by atoms with Gasteiger partial charge in [0.05, 0.1) is 18.6 Å². The monoisotopic (exact) mass is 194 g/mol. The second-order valence-electron chi connectivity index (χ2n) is 4.75. The average molecular weight is 194 g/mol. The molecule has 1 saturated heterocycles. The maximum absolute atomic E-state index is 5.84. The minimum atomic E-state index is 0.0795. The zero-order valence-electron chi connectivity index (χ0n) is 8.84. The maximum Gasteiger partial charge on any atom is 0.0633 e. The molecule has 3 heteroatoms. The third-order valence-electron chi connectivity index (χ3n) is 3.62. The third-order valence-corrected chi connectivity index (χ3v) is 3.62. The molecule has 1 aromatic rings. The Balaban J connectivity index is 2.36. The van der Waals surface area contributed by atoms with Gasteiger partial charge in [-0.05, 0) is 24.1 Å². The van der Waals surface area contributed by atoms with Gasteiger partial charge in [0.1, 0.15) is 0 Å². The Kier molecular flexibility index (Phi) is 2.16. The van der Waals surface area contributed by atoms with E-state index in [-0.39, 0.29) is 10.8 Å². The lowest BCUT2D eigenvalue weighted by atomic mass is 9.62. The fraction of sp³-hybridized carbons (Fsp3) is 0.636. The summed E-state index contributed by atoms with van der Waals surface area (Å²) in [5.74, 6) is 0. The minimum Gasteiger partial charge on any atom is -0.379 e. The summed E-state index contributed by atoms with van der Waals surface area (Å²) in [7, 11) is 0. The molecule has 0 bridgehead atoms. The Hall–Kier alpha value is -0.800. The lowest BCUT2D eigenvalue weighted by Gasteiger charge is -2.51. The van der Waals surface area contributed by atoms with Gasteiger partial charge in [-0.2, -0.15) is 0 Å². The fourth-order valence-corrected chi connectivity index (χ4v) is 2.04. The Morgan fingerprint density at radius 3 is 2.64 bits per heavy atom. The van der Waals surface area contributed by atoms with E-state index in [1.165, 1.54) is 5.69 Å². The van der Waals surface area contributed by atoms with Crippen molar-refractivity contribution in [1.29, 1.82) is 0 Å². The van der Waals surface area contributed by atoms with Crippen LogP contribution >= 0.6 is 0 Å². The molecule has 78 valence electrons. The number of aromatic amines is 1. The van der Waals surface area contributed by atoms with Gasteiger partial charge in [-0.15, -0.1) is 0 Å². The molecule has 1 aromatic heterocycles. The maximum atomic E-state index is 5.84. The first-order chi connectivity index (χ1) is 6.62. The predicted octanol–water partition coefficient (Wildman–Crippen LogP) is 1.27. The molecular formula is C11H18N2O. The van der Waals surface area contributed by atoms with E-state index < -0.39 is 0 Å². The SMILES string of the molecule is CC(C)(CN)C1(c2ccc[nH]2)COC1. The molecule has 14 heavy (non-hydrogen) atoms. The van der Waals surface area contributed by atoms with Gasteiger partial charge in [0, 0.05) is 11.9 Å². The molecular weight excluding hydrogens is 176 g/mol. The van der Waals surface area contributed by atoms with Crippen LogP contribution in [-0.2, 0) is 10.2 Å². The van der Waals surface area contributed by atoms with Crippen molar-refractivity contribution < 1.29 is 4.74 Å². The van der Waals surface area contributed by atoms with Crippen molar-refractivity contribution in [1.82, 2.24) is 4.98 Å². The van der Waals surface area contributed by atoms with Gasteiger partial charge >= 0.3 is 0 Å². The van der Waals surface area contributed by atoms with E-state index in [0.29, 0.717) is 6.54 Å². The first-order valence-corrected chi connectivity index (χ1v) is 5.04. The van der Waals surface area contributed by atoms with E-state index in [1.54, 1.807) is 0 Å². The molecule has 0 aromatic carbocycles. The van der Waals surface area contributed by atoms with Crippen LogP contribution in [0.5, 0.6) is 0 Å². The number of hydrogen-bond acceptors (Lipinski definition) is 2. The van der Waals surface area contributed by atoms with Crippen molar-refractivity contribution in [2.24, 2.45) is 11.1 Å². The van der Waals surface area contributed by atoms with Crippen molar-refractivity contribution in [3.8, 4) is 0 Å². The Morgan fingerprint density at radius 2 is 2.29 bits per heavy atom. The summed E-state index contributed by atoms with van der Waals surface area (Å²) in [4.78, 5) is 3.28. The highest BCUT2D eigenvalue weighted by molar-refractivity contribution is 5.25. The van der Waals surface area contributed by atoms with Crippen LogP contribution in [0, 0.1) is 5.41 Å². The van der Waals surface area contributed by atoms with Crippen molar-refractivity contribution >= 4 is 0 Å². The smallest absolute Gasteiger partial charge is 0.0633 e. The van der Waals surface area contributed by atoms with Crippen LogP contribution in [0.3, 0.4) is 0 Å². The van der Waals surface area contributed by atoms with E-state index in [4.69, 9.17) is 10.5 Å². The molecule has 1 fully saturated rings. The zero-order valence-corrected chi connectivity index (χ0v) is 8.84. The van der Waals surface area contributed by atoms with E-state index in [2.05, 4.69) is 24.9 Å². The molecule has 0 atom stereocenters. The Labute approximate surface area is 84.6 Å². The number of rotatable bonds is 3. The van der Waals surface area contributed by atoms with Gasteiger partial charge in [0.25, 0.3) is 0 Å². The number of nitrogens with two attached hydrogens (primary N) is 1. The molecule has 1 aliphatic heterocycles. The molecule has 0 aliphatic carbocycles. The van der Waals surface area contributed by atoms with Gasteiger partial charge in [-0.25, -0.2) is 0 Å². The Morgan fingerprint density at radius 1 is 1.57 bits per heavy atom. The number of aromatic nitrogens is 1. The summed E-state index contributed by atoms with van der Waals surface area (Å²) in [6.45, 7) is 6.64. The van der Waals surface area contributed by atoms with Crippen molar-refractivity contribution in [3.05, 3.63) is 24.0 Å². The van der Waals surface area contributed by atoms with Crippen LogP contribution < -0.4 is 5.73 Å². The molecule has 3 N–H and O–H groups in total. The number of nitrogens with one attached hydrogen (secondary N) is 1. The van der Waals surface area contributed by atoms with E-state index in [0.717, 1.165) is 13.2 Å². The van der Waals surface area contributed by atoms with Crippen LogP contribution in [0.4, 0.5) is 0 Å².